The topological polar surface area (TPSA) is 64.5 Å². The van der Waals surface area contributed by atoms with Crippen molar-refractivity contribution in [1.82, 2.24) is 3.39 Å². The third kappa shape index (κ3) is 7.93. The average molecular weight is 472 g/mol. The first-order valence-corrected chi connectivity index (χ1v) is 14.1. The molecule has 0 radical (unpaired) electrons. The Balaban J connectivity index is 3.06. The summed E-state index contributed by atoms with van der Waals surface area (Å²) in [5.74, 6) is 5.35. The molecule has 0 heterocycles. The van der Waals surface area contributed by atoms with E-state index in [1.165, 1.54) is 3.39 Å². The van der Waals surface area contributed by atoms with Gasteiger partial charge in [0.05, 0.1) is 0 Å². The Hall–Kier alpha value is 2.03. The maximum atomic E-state index is 5.54. The van der Waals surface area contributed by atoms with Crippen LogP contribution in [-0.2, 0) is 4.84 Å². The first-order valence-electron chi connectivity index (χ1n) is 1.90. The van der Waals surface area contributed by atoms with Gasteiger partial charge in [0.15, 0.2) is 0 Å². The quantitative estimate of drug-likeness (QED) is 0.155. The van der Waals surface area contributed by atoms with Crippen molar-refractivity contribution >= 4 is 34.7 Å². The van der Waals surface area contributed by atoms with Gasteiger partial charge in [-0.1, -0.05) is 0 Å². The average Bonchev–Trinajstić information content (AvgIpc) is 1.83. The van der Waals surface area contributed by atoms with Crippen molar-refractivity contribution in [2.45, 2.75) is 0 Å². The zero-order chi connectivity index (χ0) is 7.28. The molecule has 0 aliphatic rings. The van der Waals surface area contributed by atoms with Gasteiger partial charge < -0.3 is 0 Å². The number of rotatable bonds is 4. The molecule has 0 saturated carbocycles. The summed E-state index contributed by atoms with van der Waals surface area (Å²) in [5.41, 5.74) is 0. The van der Waals surface area contributed by atoms with E-state index in [0.717, 1.165) is 0 Å². The van der Waals surface area contributed by atoms with Crippen LogP contribution < -0.4 is 31.3 Å². The van der Waals surface area contributed by atoms with Crippen LogP contribution in [0.2, 0.25) is 0 Å². The number of hydrogen-bond donors (Lipinski definition) is 2. The Morgan fingerprint density at radius 2 is 2.44 bits per heavy atom. The SMILES string of the molecule is C[I-]N(N)OCI(N)I. The Bertz CT molecular complexity index is 72.1. The zero-order valence-corrected chi connectivity index (χ0v) is 11.3. The van der Waals surface area contributed by atoms with Gasteiger partial charge >= 0.3 is 83.8 Å². The summed E-state index contributed by atoms with van der Waals surface area (Å²) in [5, 5.41) is 0. The monoisotopic (exact) mass is 472 g/mol. The normalized spacial score (nSPS) is 12.8. The summed E-state index contributed by atoms with van der Waals surface area (Å²) in [7, 11) is 0. The summed E-state index contributed by atoms with van der Waals surface area (Å²) in [6.45, 7) is 0. The minimum absolute atomic E-state index is 0.132. The van der Waals surface area contributed by atoms with Crippen molar-refractivity contribution in [3.8, 4) is 0 Å². The van der Waals surface area contributed by atoms with Gasteiger partial charge in [0, 0.05) is 0 Å². The number of alkyl halides is 2. The standard InChI is InChI=1S/C2H9I3N3O/c1-4-8(7)9-2-5(3)6/h2,6-7H2,1H3/q-1. The van der Waals surface area contributed by atoms with E-state index in [2.05, 4.69) is 18.6 Å². The molecule has 60 valence electrons. The molecule has 0 aromatic heterocycles. The van der Waals surface area contributed by atoms with E-state index in [4.69, 9.17) is 14.6 Å². The van der Waals surface area contributed by atoms with Crippen LogP contribution in [0.25, 0.3) is 0 Å². The number of nitrogens with zero attached hydrogens (tertiary/aromatic N) is 1. The minimum atomic E-state index is -1.24. The van der Waals surface area contributed by atoms with Crippen molar-refractivity contribution in [2.24, 2.45) is 9.79 Å². The van der Waals surface area contributed by atoms with Crippen molar-refractivity contribution in [2.75, 3.05) is 9.54 Å². The van der Waals surface area contributed by atoms with Gasteiger partial charge in [0.2, 0.25) is 0 Å². The fourth-order valence-corrected chi connectivity index (χ4v) is 2.37. The second-order valence-electron chi connectivity index (χ2n) is 1.02. The summed E-state index contributed by atoms with van der Waals surface area (Å²) >= 11 is 0.858. The second kappa shape index (κ2) is 6.72. The van der Waals surface area contributed by atoms with E-state index in [1.807, 2.05) is 4.93 Å². The number of halogens is 3. The van der Waals surface area contributed by atoms with Crippen molar-refractivity contribution < 1.29 is 26.3 Å². The fraction of sp³-hybridized carbons (Fsp3) is 1.00. The summed E-state index contributed by atoms with van der Waals surface area (Å²) in [6, 6.07) is 0. The van der Waals surface area contributed by atoms with Crippen LogP contribution in [0.4, 0.5) is 0 Å². The number of nitrogens with two attached hydrogens (primary N) is 2. The van der Waals surface area contributed by atoms with Gasteiger partial charge in [0.25, 0.3) is 0 Å². The van der Waals surface area contributed by atoms with Gasteiger partial charge in [-0.05, 0) is 0 Å². The summed E-state index contributed by atoms with van der Waals surface area (Å²) in [4.78, 5) is 7.08. The Kier molecular flexibility index (Phi) is 8.24. The first kappa shape index (κ1) is 11.0. The maximum absolute atomic E-state index is 5.54. The third-order valence-electron chi connectivity index (χ3n) is 0.443. The van der Waals surface area contributed by atoms with E-state index < -0.39 is 16.1 Å². The molecule has 0 unspecified atom stereocenters. The van der Waals surface area contributed by atoms with Crippen LogP contribution in [-0.4, -0.2) is 12.9 Å². The van der Waals surface area contributed by atoms with E-state index in [-0.39, 0.29) is 21.5 Å². The molecule has 0 aliphatic heterocycles. The van der Waals surface area contributed by atoms with Gasteiger partial charge in [-0.15, -0.1) is 0 Å². The molecular formula is C2H9I3N3O-. The zero-order valence-electron chi connectivity index (χ0n) is 4.85. The fourth-order valence-electron chi connectivity index (χ4n) is 0.142. The van der Waals surface area contributed by atoms with E-state index in [9.17, 15) is 0 Å². The number of hydrogen-bond acceptors (Lipinski definition) is 4. The van der Waals surface area contributed by atoms with Crippen LogP contribution in [0.15, 0.2) is 0 Å². The molecule has 0 saturated heterocycles. The molecule has 0 aromatic carbocycles. The molecule has 9 heavy (non-hydrogen) atoms. The summed E-state index contributed by atoms with van der Waals surface area (Å²) in [6.07, 6.45) is 0. The molecule has 4 N–H and O–H groups in total. The predicted octanol–water partition coefficient (Wildman–Crippen LogP) is -2.58. The molecule has 0 fully saturated rings. The molecule has 0 amide bonds. The molecule has 0 rings (SSSR count). The van der Waals surface area contributed by atoms with Gasteiger partial charge in [-0.2, -0.15) is 0 Å². The van der Waals surface area contributed by atoms with Crippen molar-refractivity contribution in [1.29, 1.82) is 0 Å². The van der Waals surface area contributed by atoms with Crippen LogP contribution in [0, 0.1) is 0 Å². The number of hydrazine groups is 1. The molecule has 0 bridgehead atoms. The summed E-state index contributed by atoms with van der Waals surface area (Å²) < 4.78 is 7.60. The molecule has 0 atom stereocenters. The van der Waals surface area contributed by atoms with Gasteiger partial charge in [-0.25, -0.2) is 0 Å². The van der Waals surface area contributed by atoms with Crippen molar-refractivity contribution in [3.63, 3.8) is 0 Å². The third-order valence-corrected chi connectivity index (χ3v) is 4.13. The molecule has 4 nitrogen and oxygen atoms in total. The van der Waals surface area contributed by atoms with Crippen LogP contribution in [0.5, 0.6) is 0 Å². The van der Waals surface area contributed by atoms with Crippen LogP contribution in [0.3, 0.4) is 0 Å². The molecule has 0 spiro atoms. The molecule has 0 aliphatic carbocycles. The van der Waals surface area contributed by atoms with E-state index in [0.29, 0.717) is 4.61 Å². The van der Waals surface area contributed by atoms with Crippen molar-refractivity contribution in [3.05, 3.63) is 0 Å². The van der Waals surface area contributed by atoms with E-state index in [1.54, 1.807) is 0 Å². The molecule has 0 aromatic rings. The Morgan fingerprint density at radius 3 is 2.78 bits per heavy atom. The van der Waals surface area contributed by atoms with Crippen LogP contribution >= 0.6 is 34.7 Å². The Labute approximate surface area is 82.5 Å². The van der Waals surface area contributed by atoms with Gasteiger partial charge in [-0.3, -0.25) is 0 Å². The molecular weight excluding hydrogens is 463 g/mol. The van der Waals surface area contributed by atoms with E-state index >= 15 is 0 Å². The molecule has 7 heteroatoms. The van der Waals surface area contributed by atoms with Gasteiger partial charge in [0.1, 0.15) is 0 Å². The second-order valence-corrected chi connectivity index (χ2v) is 12.5. The first-order chi connectivity index (χ1) is 4.16. The van der Waals surface area contributed by atoms with Crippen LogP contribution in [0.1, 0.15) is 0 Å². The Morgan fingerprint density at radius 1 is 1.89 bits per heavy atom. The predicted molar refractivity (Wildman–Crippen MR) is 50.1 cm³/mol.